The molecule has 0 radical (unpaired) electrons. The van der Waals surface area contributed by atoms with Gasteiger partial charge in [-0.2, -0.15) is 11.8 Å². The van der Waals surface area contributed by atoms with Crippen LogP contribution in [0.1, 0.15) is 12.0 Å². The van der Waals surface area contributed by atoms with Gasteiger partial charge in [-0.15, -0.1) is 0 Å². The molecule has 0 aliphatic rings. The summed E-state index contributed by atoms with van der Waals surface area (Å²) in [6.45, 7) is 2.28. The molecule has 4 N–H and O–H groups in total. The van der Waals surface area contributed by atoms with Gasteiger partial charge in [0.25, 0.3) is 0 Å². The summed E-state index contributed by atoms with van der Waals surface area (Å²) in [5.74, 6) is 1.51. The Hall–Kier alpha value is -0.760. The maximum absolute atomic E-state index is 12.1. The van der Waals surface area contributed by atoms with Gasteiger partial charge in [-0.3, -0.25) is 0 Å². The van der Waals surface area contributed by atoms with Crippen molar-refractivity contribution >= 4 is 27.5 Å². The molecule has 5 nitrogen and oxygen atoms in total. The molecular weight excluding hydrogens is 284 g/mol. The van der Waals surface area contributed by atoms with Crippen LogP contribution in [-0.2, 0) is 10.0 Å². The van der Waals surface area contributed by atoms with E-state index in [0.717, 1.165) is 12.2 Å². The van der Waals surface area contributed by atoms with Crippen molar-refractivity contribution in [2.45, 2.75) is 18.2 Å². The number of nitrogens with two attached hydrogens (primary N) is 1. The molecule has 0 heterocycles. The maximum atomic E-state index is 12.1. The van der Waals surface area contributed by atoms with Crippen LogP contribution in [-0.4, -0.2) is 38.2 Å². The molecule has 0 aromatic heterocycles. The number of thioether (sulfide) groups is 1. The minimum absolute atomic E-state index is 0.168. The van der Waals surface area contributed by atoms with E-state index in [1.807, 2.05) is 0 Å². The molecule has 0 bridgehead atoms. The predicted octanol–water partition coefficient (Wildman–Crippen LogP) is 0.971. The van der Waals surface area contributed by atoms with E-state index in [9.17, 15) is 8.42 Å². The molecule has 0 fully saturated rings. The predicted molar refractivity (Wildman–Crippen MR) is 79.8 cm³/mol. The summed E-state index contributed by atoms with van der Waals surface area (Å²) in [6.07, 6.45) is 0.728. The summed E-state index contributed by atoms with van der Waals surface area (Å²) in [7, 11) is -3.50. The highest BCUT2D eigenvalue weighted by atomic mass is 32.2. The number of aliphatic hydroxyl groups is 1. The molecule has 0 saturated heterocycles. The average Bonchev–Trinajstić information content (AvgIpc) is 2.36. The molecule has 0 aliphatic carbocycles. The van der Waals surface area contributed by atoms with E-state index in [-0.39, 0.29) is 11.5 Å². The monoisotopic (exact) mass is 304 g/mol. The van der Waals surface area contributed by atoms with E-state index < -0.39 is 10.0 Å². The number of benzene rings is 1. The van der Waals surface area contributed by atoms with Crippen LogP contribution < -0.4 is 10.5 Å². The number of hydrogen-bond donors (Lipinski definition) is 3. The fourth-order valence-corrected chi connectivity index (χ4v) is 3.72. The second-order valence-corrected chi connectivity index (χ2v) is 7.07. The zero-order valence-electron chi connectivity index (χ0n) is 10.9. The fourth-order valence-electron chi connectivity index (χ4n) is 1.50. The SMILES string of the molecule is Cc1ccc(N)cc1S(=O)(=O)NCCSCCCO. The van der Waals surface area contributed by atoms with Gasteiger partial charge in [0, 0.05) is 24.6 Å². The number of rotatable bonds is 8. The zero-order valence-corrected chi connectivity index (χ0v) is 12.6. The lowest BCUT2D eigenvalue weighted by Crippen LogP contribution is -2.26. The molecule has 0 saturated carbocycles. The Bertz CT molecular complexity index is 504. The van der Waals surface area contributed by atoms with Crippen LogP contribution in [0.2, 0.25) is 0 Å². The number of aryl methyl sites for hydroxylation is 1. The van der Waals surface area contributed by atoms with E-state index in [0.29, 0.717) is 23.5 Å². The van der Waals surface area contributed by atoms with Gasteiger partial charge >= 0.3 is 0 Å². The van der Waals surface area contributed by atoms with Crippen molar-refractivity contribution in [3.8, 4) is 0 Å². The Balaban J connectivity index is 2.54. The molecule has 0 aliphatic heterocycles. The first-order valence-electron chi connectivity index (χ1n) is 6.02. The molecule has 0 amide bonds. The van der Waals surface area contributed by atoms with Crippen LogP contribution in [0, 0.1) is 6.92 Å². The molecule has 108 valence electrons. The van der Waals surface area contributed by atoms with Crippen LogP contribution in [0.3, 0.4) is 0 Å². The van der Waals surface area contributed by atoms with Crippen LogP contribution in [0.5, 0.6) is 0 Å². The minimum Gasteiger partial charge on any atom is -0.399 e. The average molecular weight is 304 g/mol. The largest absolute Gasteiger partial charge is 0.399 e. The van der Waals surface area contributed by atoms with Crippen LogP contribution in [0.25, 0.3) is 0 Å². The maximum Gasteiger partial charge on any atom is 0.240 e. The molecule has 19 heavy (non-hydrogen) atoms. The molecule has 0 atom stereocenters. The second kappa shape index (κ2) is 7.74. The van der Waals surface area contributed by atoms with Gasteiger partial charge in [-0.05, 0) is 36.8 Å². The first-order chi connectivity index (χ1) is 8.97. The number of aliphatic hydroxyl groups excluding tert-OH is 1. The highest BCUT2D eigenvalue weighted by molar-refractivity contribution is 7.99. The summed E-state index contributed by atoms with van der Waals surface area (Å²) in [5.41, 5.74) is 6.72. The van der Waals surface area contributed by atoms with Crippen LogP contribution in [0.4, 0.5) is 5.69 Å². The third-order valence-corrected chi connectivity index (χ3v) is 5.16. The molecule has 0 unspecified atom stereocenters. The number of hydrogen-bond acceptors (Lipinski definition) is 5. The zero-order chi connectivity index (χ0) is 14.3. The van der Waals surface area contributed by atoms with Crippen molar-refractivity contribution in [3.63, 3.8) is 0 Å². The summed E-state index contributed by atoms with van der Waals surface area (Å²) >= 11 is 1.61. The van der Waals surface area contributed by atoms with Gasteiger partial charge in [0.1, 0.15) is 0 Å². The Labute approximate surface area is 118 Å². The van der Waals surface area contributed by atoms with Gasteiger partial charge in [0.15, 0.2) is 0 Å². The van der Waals surface area contributed by atoms with E-state index in [2.05, 4.69) is 4.72 Å². The van der Waals surface area contributed by atoms with E-state index in [4.69, 9.17) is 10.8 Å². The Kier molecular flexibility index (Phi) is 6.64. The van der Waals surface area contributed by atoms with Crippen molar-refractivity contribution in [3.05, 3.63) is 23.8 Å². The number of nitrogens with one attached hydrogen (secondary N) is 1. The quantitative estimate of drug-likeness (QED) is 0.491. The topological polar surface area (TPSA) is 92.4 Å². The van der Waals surface area contributed by atoms with Gasteiger partial charge in [-0.1, -0.05) is 6.07 Å². The standard InChI is InChI=1S/C12H20N2O3S2/c1-10-3-4-11(13)9-12(10)19(16,17)14-5-8-18-7-2-6-15/h3-4,9,14-15H,2,5-8,13H2,1H3. The first kappa shape index (κ1) is 16.3. The van der Waals surface area contributed by atoms with Crippen molar-refractivity contribution in [2.24, 2.45) is 0 Å². The molecule has 1 aromatic rings. The fraction of sp³-hybridized carbons (Fsp3) is 0.500. The second-order valence-electron chi connectivity index (χ2n) is 4.11. The Morgan fingerprint density at radius 2 is 2.11 bits per heavy atom. The normalized spacial score (nSPS) is 11.7. The van der Waals surface area contributed by atoms with Crippen molar-refractivity contribution in [1.29, 1.82) is 0 Å². The molecule has 1 rings (SSSR count). The first-order valence-corrected chi connectivity index (χ1v) is 8.65. The number of nitrogen functional groups attached to an aromatic ring is 1. The van der Waals surface area contributed by atoms with Crippen molar-refractivity contribution < 1.29 is 13.5 Å². The van der Waals surface area contributed by atoms with E-state index in [1.165, 1.54) is 6.07 Å². The van der Waals surface area contributed by atoms with Crippen LogP contribution in [0.15, 0.2) is 23.1 Å². The number of sulfonamides is 1. The summed E-state index contributed by atoms with van der Waals surface area (Å²) < 4.78 is 26.7. The van der Waals surface area contributed by atoms with Crippen molar-refractivity contribution in [2.75, 3.05) is 30.4 Å². The molecule has 1 aromatic carbocycles. The molecular formula is C12H20N2O3S2. The lowest BCUT2D eigenvalue weighted by molar-refractivity contribution is 0.296. The minimum atomic E-state index is -3.50. The van der Waals surface area contributed by atoms with E-state index >= 15 is 0 Å². The van der Waals surface area contributed by atoms with Gasteiger partial charge < -0.3 is 10.8 Å². The lowest BCUT2D eigenvalue weighted by atomic mass is 10.2. The van der Waals surface area contributed by atoms with Crippen molar-refractivity contribution in [1.82, 2.24) is 4.72 Å². The highest BCUT2D eigenvalue weighted by Gasteiger charge is 2.16. The molecule has 0 spiro atoms. The van der Waals surface area contributed by atoms with Gasteiger partial charge in [-0.25, -0.2) is 13.1 Å². The summed E-state index contributed by atoms with van der Waals surface area (Å²) in [6, 6.07) is 4.84. The third kappa shape index (κ3) is 5.40. The Morgan fingerprint density at radius 1 is 1.37 bits per heavy atom. The molecule has 7 heteroatoms. The smallest absolute Gasteiger partial charge is 0.240 e. The van der Waals surface area contributed by atoms with Gasteiger partial charge in [0.2, 0.25) is 10.0 Å². The Morgan fingerprint density at radius 3 is 2.79 bits per heavy atom. The lowest BCUT2D eigenvalue weighted by Gasteiger charge is -2.09. The summed E-state index contributed by atoms with van der Waals surface area (Å²) in [5, 5.41) is 8.62. The van der Waals surface area contributed by atoms with Gasteiger partial charge in [0.05, 0.1) is 4.90 Å². The highest BCUT2D eigenvalue weighted by Crippen LogP contribution is 2.18. The third-order valence-electron chi connectivity index (χ3n) is 2.49. The van der Waals surface area contributed by atoms with E-state index in [1.54, 1.807) is 30.8 Å². The summed E-state index contributed by atoms with van der Waals surface area (Å²) in [4.78, 5) is 0.229. The van der Waals surface area contributed by atoms with Crippen LogP contribution >= 0.6 is 11.8 Å². The number of anilines is 1.